The van der Waals surface area contributed by atoms with Gasteiger partial charge in [0, 0.05) is 10.8 Å². The van der Waals surface area contributed by atoms with Gasteiger partial charge in [-0.1, -0.05) is 13.0 Å². The maximum Gasteiger partial charge on any atom is 0.194 e. The largest absolute Gasteiger partial charge is 0.301 e. The molecule has 0 amide bonds. The molecule has 114 valence electrons. The van der Waals surface area contributed by atoms with E-state index < -0.39 is 5.41 Å². The molecule has 1 aromatic rings. The minimum absolute atomic E-state index is 0.000417. The van der Waals surface area contributed by atoms with Crippen LogP contribution in [-0.4, -0.2) is 5.71 Å². The van der Waals surface area contributed by atoms with Crippen LogP contribution in [0.15, 0.2) is 28.7 Å². The number of nitrogens with one attached hydrogen (secondary N) is 1. The van der Waals surface area contributed by atoms with E-state index in [9.17, 15) is 15.8 Å². The molecular weight excluding hydrogens is 304 g/mol. The van der Waals surface area contributed by atoms with Gasteiger partial charge >= 0.3 is 0 Å². The molecule has 0 radical (unpaired) electrons. The Balaban J connectivity index is 2.29. The topological polar surface area (TPSA) is 95.2 Å². The number of rotatable bonds is 1. The van der Waals surface area contributed by atoms with Crippen LogP contribution in [0.2, 0.25) is 0 Å². The lowest BCUT2D eigenvalue weighted by molar-refractivity contribution is 0.274. The second-order valence-electron chi connectivity index (χ2n) is 6.40. The Morgan fingerprint density at radius 3 is 2.61 bits per heavy atom. The predicted molar refractivity (Wildman–Crippen MR) is 87.6 cm³/mol. The number of allylic oxidation sites excluding steroid dienone is 2. The molecule has 2 aliphatic rings. The number of thiophene rings is 1. The van der Waals surface area contributed by atoms with E-state index >= 15 is 0 Å². The summed E-state index contributed by atoms with van der Waals surface area (Å²) in [5, 5.41) is 39.5. The van der Waals surface area contributed by atoms with Gasteiger partial charge in [0.2, 0.25) is 0 Å². The van der Waals surface area contributed by atoms with Crippen molar-refractivity contribution < 1.29 is 0 Å². The molecule has 0 spiro atoms. The van der Waals surface area contributed by atoms with Gasteiger partial charge in [-0.3, -0.25) is 0 Å². The Morgan fingerprint density at radius 1 is 1.30 bits per heavy atom. The average molecular weight is 320 g/mol. The second-order valence-corrected chi connectivity index (χ2v) is 7.38. The van der Waals surface area contributed by atoms with E-state index in [0.717, 1.165) is 29.7 Å². The van der Waals surface area contributed by atoms with Crippen molar-refractivity contribution in [2.45, 2.75) is 32.1 Å². The summed E-state index contributed by atoms with van der Waals surface area (Å²) in [5.41, 5.74) is -0.418. The SMILES string of the molecule is CC1CCC2=C(C#N)C(=N)C(C#N)(C#N)C(c3cccs3)C2C1. The van der Waals surface area contributed by atoms with Crippen LogP contribution < -0.4 is 0 Å². The summed E-state index contributed by atoms with van der Waals surface area (Å²) in [4.78, 5) is 0.964. The van der Waals surface area contributed by atoms with Crippen molar-refractivity contribution in [1.29, 1.82) is 21.2 Å². The number of nitriles is 3. The van der Waals surface area contributed by atoms with Crippen LogP contribution in [0.3, 0.4) is 0 Å². The molecule has 0 bridgehead atoms. The molecule has 3 atom stereocenters. The summed E-state index contributed by atoms with van der Waals surface area (Å²) >= 11 is 1.53. The fraction of sp³-hybridized carbons (Fsp3) is 0.444. The molecular formula is C18H16N4S. The monoisotopic (exact) mass is 320 g/mol. The second kappa shape index (κ2) is 5.65. The van der Waals surface area contributed by atoms with E-state index in [2.05, 4.69) is 25.1 Å². The minimum atomic E-state index is -1.57. The molecule has 1 N–H and O–H groups in total. The smallest absolute Gasteiger partial charge is 0.194 e. The lowest BCUT2D eigenvalue weighted by Crippen LogP contribution is -2.45. The zero-order chi connectivity index (χ0) is 16.6. The molecule has 0 aromatic carbocycles. The van der Waals surface area contributed by atoms with E-state index in [1.807, 2.05) is 17.5 Å². The summed E-state index contributed by atoms with van der Waals surface area (Å²) in [7, 11) is 0. The Kier molecular flexibility index (Phi) is 3.80. The first-order valence-corrected chi connectivity index (χ1v) is 8.55. The lowest BCUT2D eigenvalue weighted by Gasteiger charge is -2.44. The van der Waals surface area contributed by atoms with Gasteiger partial charge in [-0.15, -0.1) is 11.3 Å². The quantitative estimate of drug-likeness (QED) is 0.841. The van der Waals surface area contributed by atoms with Crippen LogP contribution in [0.1, 0.15) is 37.0 Å². The maximum atomic E-state index is 9.81. The van der Waals surface area contributed by atoms with Gasteiger partial charge in [0.25, 0.3) is 0 Å². The van der Waals surface area contributed by atoms with E-state index in [-0.39, 0.29) is 23.1 Å². The molecule has 1 saturated carbocycles. The first kappa shape index (κ1) is 15.5. The molecule has 23 heavy (non-hydrogen) atoms. The van der Waals surface area contributed by atoms with Gasteiger partial charge in [0.1, 0.15) is 6.07 Å². The highest BCUT2D eigenvalue weighted by Crippen LogP contribution is 2.56. The maximum absolute atomic E-state index is 9.81. The minimum Gasteiger partial charge on any atom is -0.301 e. The molecule has 2 aliphatic carbocycles. The molecule has 1 fully saturated rings. The van der Waals surface area contributed by atoms with Crippen LogP contribution >= 0.6 is 11.3 Å². The Bertz CT molecular complexity index is 784. The fourth-order valence-electron chi connectivity index (χ4n) is 4.03. The molecule has 3 rings (SSSR count). The highest BCUT2D eigenvalue weighted by Gasteiger charge is 2.55. The van der Waals surface area contributed by atoms with Crippen LogP contribution in [0.4, 0.5) is 0 Å². The fourth-order valence-corrected chi connectivity index (χ4v) is 4.99. The van der Waals surface area contributed by atoms with E-state index in [4.69, 9.17) is 5.41 Å². The number of nitrogens with zero attached hydrogens (tertiary/aromatic N) is 3. The molecule has 0 aliphatic heterocycles. The van der Waals surface area contributed by atoms with Crippen molar-refractivity contribution in [1.82, 2.24) is 0 Å². The molecule has 3 unspecified atom stereocenters. The predicted octanol–water partition coefficient (Wildman–Crippen LogP) is 4.16. The third-order valence-electron chi connectivity index (χ3n) is 5.16. The van der Waals surface area contributed by atoms with Crippen molar-refractivity contribution in [3.63, 3.8) is 0 Å². The molecule has 1 heterocycles. The Morgan fingerprint density at radius 2 is 2.04 bits per heavy atom. The summed E-state index contributed by atoms with van der Waals surface area (Å²) in [6, 6.07) is 10.2. The van der Waals surface area contributed by atoms with Gasteiger partial charge in [-0.25, -0.2) is 0 Å². The summed E-state index contributed by atoms with van der Waals surface area (Å²) in [6.07, 6.45) is 2.64. The van der Waals surface area contributed by atoms with Crippen molar-refractivity contribution in [2.24, 2.45) is 17.3 Å². The zero-order valence-corrected chi connectivity index (χ0v) is 13.7. The van der Waals surface area contributed by atoms with Crippen LogP contribution in [0, 0.1) is 56.7 Å². The standard InChI is InChI=1S/C18H16N4S/c1-11-4-5-12-13(7-11)16(15-3-2-6-23-15)18(9-20,10-21)17(22)14(12)8-19/h2-3,6,11,13,16,22H,4-5,7H2,1H3. The highest BCUT2D eigenvalue weighted by atomic mass is 32.1. The molecule has 4 nitrogen and oxygen atoms in total. The van der Waals surface area contributed by atoms with Crippen molar-refractivity contribution in [2.75, 3.05) is 0 Å². The zero-order valence-electron chi connectivity index (χ0n) is 12.8. The van der Waals surface area contributed by atoms with Crippen molar-refractivity contribution in [3.05, 3.63) is 33.5 Å². The van der Waals surface area contributed by atoms with Crippen LogP contribution in [0.25, 0.3) is 0 Å². The van der Waals surface area contributed by atoms with Crippen molar-refractivity contribution >= 4 is 17.0 Å². The van der Waals surface area contributed by atoms with Gasteiger partial charge in [-0.05, 0) is 48.1 Å². The number of fused-ring (bicyclic) bond motifs is 1. The molecule has 5 heteroatoms. The van der Waals surface area contributed by atoms with Gasteiger partial charge in [0.05, 0.1) is 23.4 Å². The first-order chi connectivity index (χ1) is 11.1. The highest BCUT2D eigenvalue weighted by molar-refractivity contribution is 7.10. The number of hydrogen-bond donors (Lipinski definition) is 1. The normalized spacial score (nSPS) is 29.1. The van der Waals surface area contributed by atoms with E-state index in [1.54, 1.807) is 0 Å². The Labute approximate surface area is 139 Å². The lowest BCUT2D eigenvalue weighted by atomic mass is 9.55. The molecule has 1 aromatic heterocycles. The first-order valence-electron chi connectivity index (χ1n) is 7.67. The van der Waals surface area contributed by atoms with Gasteiger partial charge in [-0.2, -0.15) is 15.8 Å². The average Bonchev–Trinajstić information content (AvgIpc) is 3.08. The van der Waals surface area contributed by atoms with Crippen LogP contribution in [0.5, 0.6) is 0 Å². The van der Waals surface area contributed by atoms with E-state index in [0.29, 0.717) is 5.92 Å². The molecule has 0 saturated heterocycles. The van der Waals surface area contributed by atoms with E-state index in [1.165, 1.54) is 11.3 Å². The Hall–Kier alpha value is -2.42. The summed E-state index contributed by atoms with van der Waals surface area (Å²) in [5.74, 6) is 0.147. The summed E-state index contributed by atoms with van der Waals surface area (Å²) < 4.78 is 0. The van der Waals surface area contributed by atoms with Gasteiger partial charge in [0.15, 0.2) is 5.41 Å². The van der Waals surface area contributed by atoms with Gasteiger partial charge < -0.3 is 5.41 Å². The summed E-state index contributed by atoms with van der Waals surface area (Å²) in [6.45, 7) is 2.18. The number of hydrogen-bond acceptors (Lipinski definition) is 5. The third-order valence-corrected chi connectivity index (χ3v) is 6.11. The third kappa shape index (κ3) is 2.11. The van der Waals surface area contributed by atoms with Crippen molar-refractivity contribution in [3.8, 4) is 18.2 Å². The van der Waals surface area contributed by atoms with Crippen LogP contribution in [-0.2, 0) is 0 Å².